The van der Waals surface area contributed by atoms with Crippen LogP contribution in [0.3, 0.4) is 0 Å². The maximum Gasteiger partial charge on any atom is 0.338 e. The quantitative estimate of drug-likeness (QED) is 0.688. The molecule has 0 radical (unpaired) electrons. The third kappa shape index (κ3) is 4.88. The molecule has 0 aromatic heterocycles. The molecule has 1 heterocycles. The van der Waals surface area contributed by atoms with Crippen molar-refractivity contribution in [3.05, 3.63) is 29.8 Å². The number of hydrogen-bond acceptors (Lipinski definition) is 6. The molecule has 1 amide bonds. The smallest absolute Gasteiger partial charge is 0.338 e. The Morgan fingerprint density at radius 2 is 1.96 bits per heavy atom. The largest absolute Gasteiger partial charge is 0.452 e. The molecule has 8 nitrogen and oxygen atoms in total. The van der Waals surface area contributed by atoms with Crippen LogP contribution in [0.25, 0.3) is 0 Å². The minimum Gasteiger partial charge on any atom is -0.452 e. The van der Waals surface area contributed by atoms with Crippen molar-refractivity contribution in [3.8, 4) is 6.07 Å². The summed E-state index contributed by atoms with van der Waals surface area (Å²) in [4.78, 5) is 24.3. The van der Waals surface area contributed by atoms with E-state index >= 15 is 0 Å². The van der Waals surface area contributed by atoms with Crippen LogP contribution in [-0.2, 0) is 19.6 Å². The molecule has 1 aliphatic rings. The van der Waals surface area contributed by atoms with Gasteiger partial charge in [-0.2, -0.15) is 9.57 Å². The number of amides is 1. The van der Waals surface area contributed by atoms with Crippen LogP contribution in [0.2, 0.25) is 0 Å². The predicted molar refractivity (Wildman–Crippen MR) is 102 cm³/mol. The Bertz CT molecular complexity index is 885. The van der Waals surface area contributed by atoms with Gasteiger partial charge in [-0.1, -0.05) is 19.9 Å². The monoisotopic (exact) mass is 407 g/mol. The van der Waals surface area contributed by atoms with E-state index in [9.17, 15) is 23.3 Å². The Kier molecular flexibility index (Phi) is 6.80. The van der Waals surface area contributed by atoms with E-state index in [1.807, 2.05) is 6.07 Å². The summed E-state index contributed by atoms with van der Waals surface area (Å²) in [6.07, 6.45) is 1.63. The molecule has 0 bridgehead atoms. The van der Waals surface area contributed by atoms with Gasteiger partial charge in [-0.3, -0.25) is 4.79 Å². The summed E-state index contributed by atoms with van der Waals surface area (Å²) in [6.45, 7) is 5.54. The van der Waals surface area contributed by atoms with Crippen molar-refractivity contribution in [1.29, 1.82) is 5.26 Å². The van der Waals surface area contributed by atoms with E-state index in [0.29, 0.717) is 13.1 Å². The number of esters is 1. The van der Waals surface area contributed by atoms with Gasteiger partial charge in [-0.15, -0.1) is 0 Å². The molecular weight excluding hydrogens is 382 g/mol. The molecule has 1 saturated heterocycles. The Morgan fingerprint density at radius 1 is 1.32 bits per heavy atom. The van der Waals surface area contributed by atoms with E-state index in [0.717, 1.165) is 12.8 Å². The number of benzene rings is 1. The molecule has 1 aromatic carbocycles. The number of nitriles is 1. The molecule has 1 N–H and O–H groups in total. The summed E-state index contributed by atoms with van der Waals surface area (Å²) in [5.41, 5.74) is -1.03. The standard InChI is InChI=1S/C19H25N3O5S/c1-14(2)19(3,13-20)21-17(23)12-27-18(24)15-7-6-8-16(11-15)28(25,26)22-9-4-5-10-22/h6-8,11,14H,4-5,9-10,12H2,1-3H3,(H,21,23)/t19-/m0/s1. The maximum absolute atomic E-state index is 12.6. The van der Waals surface area contributed by atoms with Gasteiger partial charge < -0.3 is 10.1 Å². The lowest BCUT2D eigenvalue weighted by Crippen LogP contribution is -2.50. The zero-order chi connectivity index (χ0) is 20.9. The molecule has 152 valence electrons. The van der Waals surface area contributed by atoms with E-state index in [4.69, 9.17) is 4.74 Å². The molecule has 28 heavy (non-hydrogen) atoms. The Hall–Kier alpha value is -2.44. The lowest BCUT2D eigenvalue weighted by atomic mass is 9.90. The van der Waals surface area contributed by atoms with Crippen LogP contribution in [0.15, 0.2) is 29.2 Å². The lowest BCUT2D eigenvalue weighted by Gasteiger charge is -2.27. The number of nitrogens with zero attached hydrogens (tertiary/aromatic N) is 2. The number of carbonyl (C=O) groups excluding carboxylic acids is 2. The molecule has 1 fully saturated rings. The van der Waals surface area contributed by atoms with Crippen LogP contribution in [0.4, 0.5) is 0 Å². The van der Waals surface area contributed by atoms with E-state index in [1.54, 1.807) is 20.8 Å². The molecule has 1 atom stereocenters. The lowest BCUT2D eigenvalue weighted by molar-refractivity contribution is -0.125. The van der Waals surface area contributed by atoms with Gasteiger partial charge in [0.2, 0.25) is 10.0 Å². The zero-order valence-electron chi connectivity index (χ0n) is 16.3. The second-order valence-corrected chi connectivity index (χ2v) is 9.17. The second-order valence-electron chi connectivity index (χ2n) is 7.23. The first kappa shape index (κ1) is 21.9. The molecular formula is C19H25N3O5S. The molecule has 0 saturated carbocycles. The van der Waals surface area contributed by atoms with Gasteiger partial charge in [0.15, 0.2) is 6.61 Å². The minimum absolute atomic E-state index is 0.0187. The average molecular weight is 407 g/mol. The highest BCUT2D eigenvalue weighted by Crippen LogP contribution is 2.22. The number of carbonyl (C=O) groups is 2. The van der Waals surface area contributed by atoms with E-state index in [-0.39, 0.29) is 16.4 Å². The fraction of sp³-hybridized carbons (Fsp3) is 0.526. The van der Waals surface area contributed by atoms with Crippen molar-refractivity contribution < 1.29 is 22.7 Å². The van der Waals surface area contributed by atoms with Gasteiger partial charge in [0, 0.05) is 13.1 Å². The van der Waals surface area contributed by atoms with Crippen LogP contribution in [-0.4, -0.2) is 49.8 Å². The van der Waals surface area contributed by atoms with Gasteiger partial charge in [0.1, 0.15) is 5.54 Å². The molecule has 0 aliphatic carbocycles. The Labute approximate surface area is 165 Å². The summed E-state index contributed by atoms with van der Waals surface area (Å²) in [5, 5.41) is 11.8. The highest BCUT2D eigenvalue weighted by molar-refractivity contribution is 7.89. The van der Waals surface area contributed by atoms with Crippen LogP contribution >= 0.6 is 0 Å². The van der Waals surface area contributed by atoms with Crippen LogP contribution in [0, 0.1) is 17.2 Å². The molecule has 1 aliphatic heterocycles. The normalized spacial score (nSPS) is 17.0. The third-order valence-corrected chi connectivity index (χ3v) is 6.79. The number of nitrogens with one attached hydrogen (secondary N) is 1. The predicted octanol–water partition coefficient (Wildman–Crippen LogP) is 1.68. The SMILES string of the molecule is CC(C)[C@](C)(C#N)NC(=O)COC(=O)c1cccc(S(=O)(=O)N2CCCC2)c1. The Morgan fingerprint density at radius 3 is 2.54 bits per heavy atom. The van der Waals surface area contributed by atoms with Gasteiger partial charge >= 0.3 is 5.97 Å². The van der Waals surface area contributed by atoms with E-state index in [1.165, 1.54) is 28.6 Å². The summed E-state index contributed by atoms with van der Waals surface area (Å²) >= 11 is 0. The highest BCUT2D eigenvalue weighted by Gasteiger charge is 2.31. The minimum atomic E-state index is -3.65. The Balaban J connectivity index is 2.04. The van der Waals surface area contributed by atoms with Crippen molar-refractivity contribution in [3.63, 3.8) is 0 Å². The van der Waals surface area contributed by atoms with Crippen molar-refractivity contribution in [2.45, 2.75) is 44.0 Å². The fourth-order valence-corrected chi connectivity index (χ4v) is 4.27. The first-order valence-corrected chi connectivity index (χ1v) is 10.5. The van der Waals surface area contributed by atoms with Crippen molar-refractivity contribution >= 4 is 21.9 Å². The number of sulfonamides is 1. The second kappa shape index (κ2) is 8.71. The van der Waals surface area contributed by atoms with Crippen molar-refractivity contribution in [2.75, 3.05) is 19.7 Å². The molecule has 2 rings (SSSR count). The van der Waals surface area contributed by atoms with Crippen molar-refractivity contribution in [1.82, 2.24) is 9.62 Å². The van der Waals surface area contributed by atoms with Crippen LogP contribution in [0.1, 0.15) is 44.0 Å². The third-order valence-electron chi connectivity index (χ3n) is 4.89. The number of ether oxygens (including phenoxy) is 1. The zero-order valence-corrected chi connectivity index (χ0v) is 17.1. The molecule has 0 unspecified atom stereocenters. The average Bonchev–Trinajstić information content (AvgIpc) is 3.21. The maximum atomic E-state index is 12.6. The van der Waals surface area contributed by atoms with Gasteiger partial charge in [-0.25, -0.2) is 13.2 Å². The van der Waals surface area contributed by atoms with E-state index in [2.05, 4.69) is 5.32 Å². The van der Waals surface area contributed by atoms with Gasteiger partial charge in [0.25, 0.3) is 5.91 Å². The van der Waals surface area contributed by atoms with Crippen LogP contribution in [0.5, 0.6) is 0 Å². The summed E-state index contributed by atoms with van der Waals surface area (Å²) in [5.74, 6) is -1.55. The van der Waals surface area contributed by atoms with Gasteiger partial charge in [-0.05, 0) is 43.9 Å². The first-order chi connectivity index (χ1) is 13.1. The molecule has 1 aromatic rings. The molecule has 0 spiro atoms. The highest BCUT2D eigenvalue weighted by atomic mass is 32.2. The molecule has 9 heteroatoms. The summed E-state index contributed by atoms with van der Waals surface area (Å²) in [6, 6.07) is 7.61. The number of rotatable bonds is 7. The van der Waals surface area contributed by atoms with Crippen molar-refractivity contribution in [2.24, 2.45) is 5.92 Å². The number of hydrogen-bond donors (Lipinski definition) is 1. The van der Waals surface area contributed by atoms with E-state index < -0.39 is 34.0 Å². The van der Waals surface area contributed by atoms with Crippen LogP contribution < -0.4 is 5.32 Å². The first-order valence-electron chi connectivity index (χ1n) is 9.10. The fourth-order valence-electron chi connectivity index (χ4n) is 2.70. The summed E-state index contributed by atoms with van der Waals surface area (Å²) in [7, 11) is -3.65. The van der Waals surface area contributed by atoms with Gasteiger partial charge in [0.05, 0.1) is 16.5 Å². The summed E-state index contributed by atoms with van der Waals surface area (Å²) < 4.78 is 31.6. The topological polar surface area (TPSA) is 117 Å².